The second-order valence-electron chi connectivity index (χ2n) is 5.71. The van der Waals surface area contributed by atoms with Crippen molar-refractivity contribution in [3.63, 3.8) is 0 Å². The molecule has 0 amide bonds. The van der Waals surface area contributed by atoms with Crippen molar-refractivity contribution in [1.29, 1.82) is 0 Å². The largest absolute Gasteiger partial charge is 0.348 e. The van der Waals surface area contributed by atoms with E-state index in [1.165, 1.54) is 57.8 Å². The Morgan fingerprint density at radius 3 is 2.06 bits per heavy atom. The van der Waals surface area contributed by atoms with Crippen molar-refractivity contribution in [2.45, 2.75) is 90.4 Å². The van der Waals surface area contributed by atoms with Gasteiger partial charge in [0.2, 0.25) is 0 Å². The maximum atomic E-state index is 5.79. The van der Waals surface area contributed by atoms with Crippen LogP contribution in [0.2, 0.25) is 0 Å². The quantitative estimate of drug-likeness (QED) is 0.547. The standard InChI is InChI=1S/C15H30O2/c1-4-5-6-7-8-9-10-11-12-14-13-16-15(2,3)17-14/h14H,4-13H2,1-3H3. The first-order valence-electron chi connectivity index (χ1n) is 7.46. The Morgan fingerprint density at radius 2 is 1.53 bits per heavy atom. The van der Waals surface area contributed by atoms with E-state index in [9.17, 15) is 0 Å². The van der Waals surface area contributed by atoms with Gasteiger partial charge in [0, 0.05) is 0 Å². The summed E-state index contributed by atoms with van der Waals surface area (Å²) in [6.45, 7) is 7.05. The third-order valence-corrected chi connectivity index (χ3v) is 3.45. The molecule has 0 aromatic heterocycles. The number of ether oxygens (including phenoxy) is 2. The van der Waals surface area contributed by atoms with E-state index in [4.69, 9.17) is 9.47 Å². The molecule has 102 valence electrons. The van der Waals surface area contributed by atoms with E-state index in [0.29, 0.717) is 6.10 Å². The predicted molar refractivity (Wildman–Crippen MR) is 72.1 cm³/mol. The van der Waals surface area contributed by atoms with Crippen molar-refractivity contribution in [2.24, 2.45) is 0 Å². The first kappa shape index (κ1) is 15.0. The Labute approximate surface area is 107 Å². The summed E-state index contributed by atoms with van der Waals surface area (Å²) in [6.07, 6.45) is 12.5. The minimum atomic E-state index is -0.342. The van der Waals surface area contributed by atoms with Gasteiger partial charge < -0.3 is 9.47 Å². The van der Waals surface area contributed by atoms with Crippen LogP contribution < -0.4 is 0 Å². The van der Waals surface area contributed by atoms with Gasteiger partial charge in [0.1, 0.15) is 0 Å². The highest BCUT2D eigenvalue weighted by Crippen LogP contribution is 2.25. The molecule has 2 nitrogen and oxygen atoms in total. The smallest absolute Gasteiger partial charge is 0.163 e. The Kier molecular flexibility index (Phi) is 7.14. The number of rotatable bonds is 9. The first-order valence-corrected chi connectivity index (χ1v) is 7.46. The fourth-order valence-electron chi connectivity index (χ4n) is 2.41. The third kappa shape index (κ3) is 7.05. The molecule has 0 spiro atoms. The number of unbranched alkanes of at least 4 members (excludes halogenated alkanes) is 7. The zero-order valence-corrected chi connectivity index (χ0v) is 12.0. The lowest BCUT2D eigenvalue weighted by Crippen LogP contribution is -2.21. The van der Waals surface area contributed by atoms with Crippen LogP contribution in [0.4, 0.5) is 0 Å². The Bertz CT molecular complexity index is 189. The molecule has 1 fully saturated rings. The van der Waals surface area contributed by atoms with Gasteiger partial charge in [-0.3, -0.25) is 0 Å². The first-order chi connectivity index (χ1) is 8.14. The molecule has 0 N–H and O–H groups in total. The molecule has 0 radical (unpaired) electrons. The molecule has 2 heteroatoms. The Morgan fingerprint density at radius 1 is 0.941 bits per heavy atom. The fraction of sp³-hybridized carbons (Fsp3) is 1.00. The molecule has 1 rings (SSSR count). The fourth-order valence-corrected chi connectivity index (χ4v) is 2.41. The van der Waals surface area contributed by atoms with Crippen LogP contribution in [0.3, 0.4) is 0 Å². The summed E-state index contributed by atoms with van der Waals surface area (Å²) in [4.78, 5) is 0. The van der Waals surface area contributed by atoms with Gasteiger partial charge in [0.25, 0.3) is 0 Å². The summed E-state index contributed by atoms with van der Waals surface area (Å²) < 4.78 is 11.3. The van der Waals surface area contributed by atoms with Crippen LogP contribution in [0.15, 0.2) is 0 Å². The van der Waals surface area contributed by atoms with E-state index in [0.717, 1.165) is 6.61 Å². The predicted octanol–water partition coefficient (Wildman–Crippen LogP) is 4.67. The SMILES string of the molecule is CCCCCCCCCCC1COC(C)(C)O1. The van der Waals surface area contributed by atoms with Crippen LogP contribution in [-0.4, -0.2) is 18.5 Å². The zero-order chi connectivity index (χ0) is 12.6. The molecule has 1 unspecified atom stereocenters. The minimum Gasteiger partial charge on any atom is -0.348 e. The topological polar surface area (TPSA) is 18.5 Å². The molecule has 0 saturated carbocycles. The third-order valence-electron chi connectivity index (χ3n) is 3.45. The second kappa shape index (κ2) is 8.10. The lowest BCUT2D eigenvalue weighted by molar-refractivity contribution is -0.139. The molecule has 1 aliphatic heterocycles. The van der Waals surface area contributed by atoms with Crippen LogP contribution >= 0.6 is 0 Å². The monoisotopic (exact) mass is 242 g/mol. The molecule has 0 bridgehead atoms. The lowest BCUT2D eigenvalue weighted by Gasteiger charge is -2.16. The number of hydrogen-bond acceptors (Lipinski definition) is 2. The van der Waals surface area contributed by atoms with Crippen LogP contribution in [0.1, 0.15) is 78.6 Å². The normalized spacial score (nSPS) is 23.1. The summed E-state index contributed by atoms with van der Waals surface area (Å²) in [7, 11) is 0. The number of hydrogen-bond donors (Lipinski definition) is 0. The van der Waals surface area contributed by atoms with E-state index >= 15 is 0 Å². The molecule has 1 saturated heterocycles. The van der Waals surface area contributed by atoms with Crippen molar-refractivity contribution in [1.82, 2.24) is 0 Å². The second-order valence-corrected chi connectivity index (χ2v) is 5.71. The highest BCUT2D eigenvalue weighted by Gasteiger charge is 2.31. The molecule has 1 heterocycles. The van der Waals surface area contributed by atoms with Gasteiger partial charge >= 0.3 is 0 Å². The van der Waals surface area contributed by atoms with Gasteiger partial charge in [0.15, 0.2) is 5.79 Å². The maximum Gasteiger partial charge on any atom is 0.163 e. The van der Waals surface area contributed by atoms with Crippen LogP contribution in [0.5, 0.6) is 0 Å². The average Bonchev–Trinajstić information content (AvgIpc) is 2.62. The molecule has 0 aromatic carbocycles. The summed E-state index contributed by atoms with van der Waals surface area (Å²) >= 11 is 0. The molecular formula is C15H30O2. The van der Waals surface area contributed by atoms with E-state index < -0.39 is 0 Å². The van der Waals surface area contributed by atoms with Crippen LogP contribution in [0.25, 0.3) is 0 Å². The lowest BCUT2D eigenvalue weighted by atomic mass is 10.1. The molecule has 17 heavy (non-hydrogen) atoms. The van der Waals surface area contributed by atoms with Crippen molar-refractivity contribution < 1.29 is 9.47 Å². The van der Waals surface area contributed by atoms with Gasteiger partial charge in [-0.05, 0) is 20.3 Å². The van der Waals surface area contributed by atoms with Crippen molar-refractivity contribution >= 4 is 0 Å². The maximum absolute atomic E-state index is 5.79. The summed E-state index contributed by atoms with van der Waals surface area (Å²) in [5, 5.41) is 0. The van der Waals surface area contributed by atoms with Gasteiger partial charge in [0.05, 0.1) is 12.7 Å². The van der Waals surface area contributed by atoms with Crippen LogP contribution in [0, 0.1) is 0 Å². The van der Waals surface area contributed by atoms with Gasteiger partial charge in [-0.2, -0.15) is 0 Å². The zero-order valence-electron chi connectivity index (χ0n) is 12.0. The molecular weight excluding hydrogens is 212 g/mol. The summed E-state index contributed by atoms with van der Waals surface area (Å²) in [6, 6.07) is 0. The van der Waals surface area contributed by atoms with E-state index in [2.05, 4.69) is 6.92 Å². The molecule has 1 atom stereocenters. The molecule has 0 aliphatic carbocycles. The van der Waals surface area contributed by atoms with Crippen molar-refractivity contribution in [3.8, 4) is 0 Å². The Balaban J connectivity index is 1.85. The van der Waals surface area contributed by atoms with Crippen molar-refractivity contribution in [2.75, 3.05) is 6.61 Å². The van der Waals surface area contributed by atoms with E-state index in [1.807, 2.05) is 13.8 Å². The molecule has 0 aromatic rings. The minimum absolute atomic E-state index is 0.338. The average molecular weight is 242 g/mol. The van der Waals surface area contributed by atoms with E-state index in [1.54, 1.807) is 0 Å². The van der Waals surface area contributed by atoms with Crippen LogP contribution in [-0.2, 0) is 9.47 Å². The van der Waals surface area contributed by atoms with Crippen molar-refractivity contribution in [3.05, 3.63) is 0 Å². The van der Waals surface area contributed by atoms with Gasteiger partial charge in [-0.25, -0.2) is 0 Å². The molecule has 1 aliphatic rings. The summed E-state index contributed by atoms with van der Waals surface area (Å²) in [5.41, 5.74) is 0. The summed E-state index contributed by atoms with van der Waals surface area (Å²) in [5.74, 6) is -0.342. The highest BCUT2D eigenvalue weighted by atomic mass is 16.7. The van der Waals surface area contributed by atoms with Gasteiger partial charge in [-0.15, -0.1) is 0 Å². The highest BCUT2D eigenvalue weighted by molar-refractivity contribution is 4.70. The van der Waals surface area contributed by atoms with Gasteiger partial charge in [-0.1, -0.05) is 58.3 Å². The Hall–Kier alpha value is -0.0800. The van der Waals surface area contributed by atoms with E-state index in [-0.39, 0.29) is 5.79 Å².